The molecule has 0 saturated carbocycles. The van der Waals surface area contributed by atoms with Crippen molar-refractivity contribution in [1.29, 1.82) is 0 Å². The van der Waals surface area contributed by atoms with Gasteiger partial charge >= 0.3 is 0 Å². The van der Waals surface area contributed by atoms with E-state index in [1.807, 2.05) is 0 Å². The number of rotatable bonds is 6. The fourth-order valence-electron chi connectivity index (χ4n) is 1.91. The van der Waals surface area contributed by atoms with Gasteiger partial charge in [0.15, 0.2) is 6.61 Å². The molecule has 0 spiro atoms. The second-order valence-corrected chi connectivity index (χ2v) is 4.84. The van der Waals surface area contributed by atoms with Gasteiger partial charge in [-0.3, -0.25) is 4.79 Å². The number of carbonyl (C=O) groups is 1. The van der Waals surface area contributed by atoms with Crippen molar-refractivity contribution >= 4 is 23.1 Å². The van der Waals surface area contributed by atoms with E-state index >= 15 is 0 Å². The third-order valence-corrected chi connectivity index (χ3v) is 3.35. The summed E-state index contributed by atoms with van der Waals surface area (Å²) in [6.07, 6.45) is 0. The van der Waals surface area contributed by atoms with Crippen molar-refractivity contribution in [2.24, 2.45) is 0 Å². The van der Waals surface area contributed by atoms with Crippen LogP contribution in [0.1, 0.15) is 10.4 Å². The quantitative estimate of drug-likeness (QED) is 0.653. The van der Waals surface area contributed by atoms with Crippen molar-refractivity contribution in [2.75, 3.05) is 26.6 Å². The maximum absolute atomic E-state index is 12.3. The Morgan fingerprint density at radius 1 is 1.09 bits per heavy atom. The van der Waals surface area contributed by atoms with Crippen LogP contribution in [0.2, 0.25) is 5.02 Å². The molecule has 5 nitrogen and oxygen atoms in total. The number of hydrogen-bond donors (Lipinski definition) is 1. The van der Waals surface area contributed by atoms with E-state index in [1.54, 1.807) is 24.3 Å². The second-order valence-electron chi connectivity index (χ2n) is 4.44. The molecule has 2 aromatic carbocycles. The van der Waals surface area contributed by atoms with Crippen molar-refractivity contribution in [2.45, 2.75) is 0 Å². The maximum Gasteiger partial charge on any atom is 0.204 e. The molecule has 0 aromatic heterocycles. The average Bonchev–Trinajstić information content (AvgIpc) is 2.53. The Morgan fingerprint density at radius 3 is 2.41 bits per heavy atom. The van der Waals surface area contributed by atoms with Crippen molar-refractivity contribution in [3.63, 3.8) is 0 Å². The summed E-state index contributed by atoms with van der Waals surface area (Å²) < 4.78 is 15.8. The number of carbonyl (C=O) groups excluding carboxylic acids is 1. The summed E-state index contributed by atoms with van der Waals surface area (Å²) >= 11 is 6.01. The standard InChI is InChI=1S/C16H16ClNO4/c1-20-15-8-11(17)16(21-2)7-10(15)13(19)9-22-14-6-4-3-5-12(14)18/h3-8H,9,18H2,1-2H3. The molecule has 0 atom stereocenters. The lowest BCUT2D eigenvalue weighted by molar-refractivity contribution is 0.0918. The van der Waals surface area contributed by atoms with Gasteiger partial charge in [-0.15, -0.1) is 0 Å². The minimum absolute atomic E-state index is 0.171. The highest BCUT2D eigenvalue weighted by Crippen LogP contribution is 2.32. The smallest absolute Gasteiger partial charge is 0.204 e. The number of methoxy groups -OCH3 is 2. The van der Waals surface area contributed by atoms with E-state index in [0.717, 1.165) is 0 Å². The summed E-state index contributed by atoms with van der Waals surface area (Å²) in [5, 5.41) is 0.365. The van der Waals surface area contributed by atoms with Gasteiger partial charge in [-0.25, -0.2) is 0 Å². The highest BCUT2D eigenvalue weighted by molar-refractivity contribution is 6.32. The van der Waals surface area contributed by atoms with Crippen LogP contribution in [-0.2, 0) is 0 Å². The van der Waals surface area contributed by atoms with Crippen LogP contribution < -0.4 is 19.9 Å². The molecule has 22 heavy (non-hydrogen) atoms. The van der Waals surface area contributed by atoms with Gasteiger partial charge in [0.25, 0.3) is 0 Å². The monoisotopic (exact) mass is 321 g/mol. The minimum Gasteiger partial charge on any atom is -0.496 e. The molecule has 2 rings (SSSR count). The molecule has 0 aliphatic heterocycles. The van der Waals surface area contributed by atoms with Crippen LogP contribution in [0.25, 0.3) is 0 Å². The van der Waals surface area contributed by atoms with E-state index in [9.17, 15) is 4.79 Å². The first-order chi connectivity index (χ1) is 10.6. The van der Waals surface area contributed by atoms with Gasteiger partial charge < -0.3 is 19.9 Å². The number of anilines is 1. The van der Waals surface area contributed by atoms with Crippen LogP contribution in [0, 0.1) is 0 Å². The highest BCUT2D eigenvalue weighted by Gasteiger charge is 2.17. The number of ketones is 1. The van der Waals surface area contributed by atoms with Crippen molar-refractivity contribution in [3.8, 4) is 17.2 Å². The molecule has 2 aromatic rings. The first kappa shape index (κ1) is 16.0. The number of ether oxygens (including phenoxy) is 3. The van der Waals surface area contributed by atoms with E-state index in [1.165, 1.54) is 26.4 Å². The number of halogens is 1. The molecule has 0 fully saturated rings. The van der Waals surface area contributed by atoms with Gasteiger partial charge in [0, 0.05) is 6.07 Å². The molecule has 0 saturated heterocycles. The Hall–Kier alpha value is -2.40. The summed E-state index contributed by atoms with van der Waals surface area (Å²) in [5.41, 5.74) is 6.57. The van der Waals surface area contributed by atoms with Gasteiger partial charge in [0.05, 0.1) is 30.5 Å². The van der Waals surface area contributed by atoms with Crippen LogP contribution >= 0.6 is 11.6 Å². The summed E-state index contributed by atoms with van der Waals surface area (Å²) in [6, 6.07) is 10.0. The maximum atomic E-state index is 12.3. The minimum atomic E-state index is -0.268. The lowest BCUT2D eigenvalue weighted by atomic mass is 10.1. The molecule has 6 heteroatoms. The molecule has 116 valence electrons. The number of para-hydroxylation sites is 2. The summed E-state index contributed by atoms with van der Waals surface area (Å²) in [7, 11) is 2.94. The van der Waals surface area contributed by atoms with Gasteiger partial charge in [0.1, 0.15) is 17.2 Å². The Labute approximate surface area is 133 Å². The molecule has 0 aliphatic carbocycles. The molecule has 2 N–H and O–H groups in total. The fourth-order valence-corrected chi connectivity index (χ4v) is 2.14. The number of nitrogens with two attached hydrogens (primary N) is 1. The first-order valence-electron chi connectivity index (χ1n) is 6.48. The van der Waals surface area contributed by atoms with Gasteiger partial charge in [-0.05, 0) is 18.2 Å². The molecule has 0 bridgehead atoms. The Bertz CT molecular complexity index is 688. The predicted molar refractivity (Wildman–Crippen MR) is 85.2 cm³/mol. The number of hydrogen-bond acceptors (Lipinski definition) is 5. The molecule has 0 unspecified atom stereocenters. The summed E-state index contributed by atoms with van der Waals surface area (Å²) in [6.45, 7) is -0.171. The van der Waals surface area contributed by atoms with Crippen molar-refractivity contribution in [3.05, 3.63) is 47.0 Å². The third kappa shape index (κ3) is 3.43. The van der Waals surface area contributed by atoms with Gasteiger partial charge in [-0.2, -0.15) is 0 Å². The summed E-state index contributed by atoms with van der Waals surface area (Å²) in [4.78, 5) is 12.3. The Balaban J connectivity index is 2.20. The topological polar surface area (TPSA) is 70.8 Å². The van der Waals surface area contributed by atoms with Crippen LogP contribution in [-0.4, -0.2) is 26.6 Å². The second kappa shape index (κ2) is 7.04. The number of benzene rings is 2. The average molecular weight is 322 g/mol. The van der Waals surface area contributed by atoms with E-state index in [0.29, 0.717) is 33.5 Å². The molecular weight excluding hydrogens is 306 g/mol. The first-order valence-corrected chi connectivity index (χ1v) is 6.86. The SMILES string of the molecule is COc1cc(C(=O)COc2ccccc2N)c(OC)cc1Cl. The molecular formula is C16H16ClNO4. The molecule has 0 heterocycles. The van der Waals surface area contributed by atoms with Crippen LogP contribution in [0.15, 0.2) is 36.4 Å². The zero-order chi connectivity index (χ0) is 16.1. The van der Waals surface area contributed by atoms with Gasteiger partial charge in [0.2, 0.25) is 5.78 Å². The Morgan fingerprint density at radius 2 is 1.77 bits per heavy atom. The summed E-state index contributed by atoms with van der Waals surface area (Å²) in [5.74, 6) is 0.941. The zero-order valence-corrected chi connectivity index (χ0v) is 13.0. The van der Waals surface area contributed by atoms with Gasteiger partial charge in [-0.1, -0.05) is 23.7 Å². The largest absolute Gasteiger partial charge is 0.496 e. The normalized spacial score (nSPS) is 10.1. The van der Waals surface area contributed by atoms with Crippen LogP contribution in [0.3, 0.4) is 0 Å². The van der Waals surface area contributed by atoms with E-state index in [4.69, 9.17) is 31.5 Å². The fraction of sp³-hybridized carbons (Fsp3) is 0.188. The number of Topliss-reactive ketones (excluding diaryl/α,β-unsaturated/α-hetero) is 1. The van der Waals surface area contributed by atoms with E-state index < -0.39 is 0 Å². The zero-order valence-electron chi connectivity index (χ0n) is 12.3. The molecule has 0 radical (unpaired) electrons. The van der Waals surface area contributed by atoms with Crippen LogP contribution in [0.5, 0.6) is 17.2 Å². The highest BCUT2D eigenvalue weighted by atomic mass is 35.5. The number of nitrogen functional groups attached to an aromatic ring is 1. The molecule has 0 aliphatic rings. The lowest BCUT2D eigenvalue weighted by Gasteiger charge is -2.12. The lowest BCUT2D eigenvalue weighted by Crippen LogP contribution is -2.13. The molecule has 0 amide bonds. The van der Waals surface area contributed by atoms with Crippen molar-refractivity contribution < 1.29 is 19.0 Å². The third-order valence-electron chi connectivity index (χ3n) is 3.05. The van der Waals surface area contributed by atoms with Crippen molar-refractivity contribution in [1.82, 2.24) is 0 Å². The van der Waals surface area contributed by atoms with E-state index in [-0.39, 0.29) is 12.4 Å². The predicted octanol–water partition coefficient (Wildman–Crippen LogP) is 3.20. The van der Waals surface area contributed by atoms with E-state index in [2.05, 4.69) is 0 Å². The Kier molecular flexibility index (Phi) is 5.12. The van der Waals surface area contributed by atoms with Crippen LogP contribution in [0.4, 0.5) is 5.69 Å².